The molecular formula is C19H13F3N3NaO3. The van der Waals surface area contributed by atoms with Crippen LogP contribution in [-0.2, 0) is 6.18 Å². The number of hydrogen-bond donors (Lipinski definition) is 2. The summed E-state index contributed by atoms with van der Waals surface area (Å²) in [6, 6.07) is 9.84. The maximum absolute atomic E-state index is 13.0. The summed E-state index contributed by atoms with van der Waals surface area (Å²) >= 11 is 0. The number of benzene rings is 2. The molecular weight excluding hydrogens is 398 g/mol. The molecule has 0 bridgehead atoms. The average molecular weight is 411 g/mol. The number of H-pyrrole nitrogens is 1. The van der Waals surface area contributed by atoms with Crippen LogP contribution in [0.3, 0.4) is 0 Å². The van der Waals surface area contributed by atoms with Crippen molar-refractivity contribution in [2.45, 2.75) is 6.18 Å². The summed E-state index contributed by atoms with van der Waals surface area (Å²) in [5.74, 6) is -0.494. The molecule has 2 aromatic carbocycles. The van der Waals surface area contributed by atoms with Gasteiger partial charge in [0.2, 0.25) is 0 Å². The summed E-state index contributed by atoms with van der Waals surface area (Å²) in [5, 5.41) is 9.53. The molecule has 10 heteroatoms. The Morgan fingerprint density at radius 1 is 1.10 bits per heavy atom. The standard InChI is InChI=1S/C19H12F3N3O3.Na.H/c1-28-14-6-3-11(10-4-7-15(19(20,21)22)25-16(10)14)17-23-12-5-2-9(18(26)27)8-13(12)24-17;;/h2-8H,1H3,(H,23,24)(H,26,27);;. The number of hydrogen-bond acceptors (Lipinski definition) is 4. The SMILES string of the molecule is COc1ccc(-c2nc3cc(C(=O)O)ccc3[nH]2)c2ccc(C(F)(F)F)nc12.[NaH]. The molecule has 2 heterocycles. The van der Waals surface area contributed by atoms with E-state index in [4.69, 9.17) is 9.84 Å². The predicted octanol–water partition coefficient (Wildman–Crippen LogP) is 3.86. The first-order valence-corrected chi connectivity index (χ1v) is 8.06. The second-order valence-corrected chi connectivity index (χ2v) is 6.03. The number of nitrogens with one attached hydrogen (secondary N) is 1. The molecule has 0 saturated carbocycles. The number of ether oxygens (including phenoxy) is 1. The zero-order valence-corrected chi connectivity index (χ0v) is 14.3. The van der Waals surface area contributed by atoms with Gasteiger partial charge in [-0.1, -0.05) is 0 Å². The van der Waals surface area contributed by atoms with Gasteiger partial charge in [0, 0.05) is 10.9 Å². The van der Waals surface area contributed by atoms with Crippen LogP contribution in [0.5, 0.6) is 5.75 Å². The average Bonchev–Trinajstić information content (AvgIpc) is 3.08. The molecule has 6 nitrogen and oxygen atoms in total. The summed E-state index contributed by atoms with van der Waals surface area (Å²) in [6.45, 7) is 0. The van der Waals surface area contributed by atoms with Crippen molar-refractivity contribution in [2.75, 3.05) is 7.11 Å². The second-order valence-electron chi connectivity index (χ2n) is 6.03. The normalized spacial score (nSPS) is 11.4. The first-order valence-electron chi connectivity index (χ1n) is 8.06. The molecule has 29 heavy (non-hydrogen) atoms. The van der Waals surface area contributed by atoms with Crippen molar-refractivity contribution in [3.8, 4) is 17.1 Å². The Hall–Kier alpha value is -2.62. The number of carboxylic acid groups (broad SMARTS) is 1. The number of carboxylic acids is 1. The molecule has 2 N–H and O–H groups in total. The molecule has 144 valence electrons. The molecule has 4 aromatic rings. The van der Waals surface area contributed by atoms with E-state index in [0.717, 1.165) is 6.07 Å². The monoisotopic (exact) mass is 411 g/mol. The summed E-state index contributed by atoms with van der Waals surface area (Å²) in [7, 11) is 1.35. The molecule has 0 aliphatic carbocycles. The topological polar surface area (TPSA) is 88.1 Å². The summed E-state index contributed by atoms with van der Waals surface area (Å²) in [4.78, 5) is 22.3. The number of halogens is 3. The van der Waals surface area contributed by atoms with E-state index in [2.05, 4.69) is 15.0 Å². The van der Waals surface area contributed by atoms with Crippen LogP contribution in [0.4, 0.5) is 13.2 Å². The van der Waals surface area contributed by atoms with Gasteiger partial charge in [-0.25, -0.2) is 14.8 Å². The van der Waals surface area contributed by atoms with Gasteiger partial charge in [0.25, 0.3) is 0 Å². The quantitative estimate of drug-likeness (QED) is 0.500. The Labute approximate surface area is 184 Å². The number of fused-ring (bicyclic) bond motifs is 2. The minimum atomic E-state index is -4.58. The number of aromatic carboxylic acids is 1. The first-order chi connectivity index (χ1) is 13.3. The number of pyridine rings is 1. The van der Waals surface area contributed by atoms with Crippen LogP contribution in [0, 0.1) is 0 Å². The summed E-state index contributed by atoms with van der Waals surface area (Å²) in [5.41, 5.74) is 0.668. The van der Waals surface area contributed by atoms with Gasteiger partial charge in [0.05, 0.1) is 23.7 Å². The molecule has 0 unspecified atom stereocenters. The summed E-state index contributed by atoms with van der Waals surface area (Å²) in [6.07, 6.45) is -4.58. The van der Waals surface area contributed by atoms with Crippen LogP contribution in [0.2, 0.25) is 0 Å². The Kier molecular flexibility index (Phi) is 5.57. The Morgan fingerprint density at radius 3 is 2.52 bits per heavy atom. The van der Waals surface area contributed by atoms with Crippen molar-refractivity contribution in [3.05, 3.63) is 53.7 Å². The number of carbonyl (C=O) groups is 1. The zero-order valence-electron chi connectivity index (χ0n) is 14.3. The predicted molar refractivity (Wildman–Crippen MR) is 102 cm³/mol. The van der Waals surface area contributed by atoms with Crippen LogP contribution in [-0.4, -0.2) is 62.7 Å². The van der Waals surface area contributed by atoms with Crippen LogP contribution in [0.25, 0.3) is 33.3 Å². The van der Waals surface area contributed by atoms with Crippen LogP contribution in [0.1, 0.15) is 16.1 Å². The van der Waals surface area contributed by atoms with Gasteiger partial charge in [0.15, 0.2) is 0 Å². The molecule has 0 aliphatic heterocycles. The van der Waals surface area contributed by atoms with E-state index >= 15 is 0 Å². The van der Waals surface area contributed by atoms with Gasteiger partial charge in [-0.15, -0.1) is 0 Å². The van der Waals surface area contributed by atoms with E-state index < -0.39 is 17.8 Å². The number of aromatic nitrogens is 3. The van der Waals surface area contributed by atoms with E-state index in [1.54, 1.807) is 12.1 Å². The number of imidazole rings is 1. The van der Waals surface area contributed by atoms with E-state index in [9.17, 15) is 18.0 Å². The van der Waals surface area contributed by atoms with Gasteiger partial charge in [-0.05, 0) is 42.5 Å². The zero-order chi connectivity index (χ0) is 20.1. The number of alkyl halides is 3. The van der Waals surface area contributed by atoms with E-state index in [1.807, 2.05) is 0 Å². The Morgan fingerprint density at radius 2 is 1.86 bits per heavy atom. The molecule has 0 fully saturated rings. The fraction of sp³-hybridized carbons (Fsp3) is 0.105. The van der Waals surface area contributed by atoms with E-state index in [0.29, 0.717) is 27.8 Å². The van der Waals surface area contributed by atoms with Crippen molar-refractivity contribution >= 4 is 57.5 Å². The second kappa shape index (κ2) is 7.66. The fourth-order valence-corrected chi connectivity index (χ4v) is 2.99. The number of methoxy groups -OCH3 is 1. The molecule has 0 aliphatic rings. The third kappa shape index (κ3) is 3.81. The number of rotatable bonds is 3. The van der Waals surface area contributed by atoms with Gasteiger partial charge >= 0.3 is 41.7 Å². The molecule has 0 atom stereocenters. The molecule has 0 amide bonds. The minimum absolute atomic E-state index is 0. The van der Waals surface area contributed by atoms with Crippen LogP contribution in [0.15, 0.2) is 42.5 Å². The molecule has 0 spiro atoms. The third-order valence-electron chi connectivity index (χ3n) is 4.32. The Balaban J connectivity index is 0.00000240. The molecule has 4 rings (SSSR count). The maximum atomic E-state index is 13.0. The van der Waals surface area contributed by atoms with Gasteiger partial charge in [-0.2, -0.15) is 13.2 Å². The van der Waals surface area contributed by atoms with Crippen molar-refractivity contribution in [1.82, 2.24) is 15.0 Å². The van der Waals surface area contributed by atoms with Crippen LogP contribution < -0.4 is 4.74 Å². The number of nitrogens with zero attached hydrogens (tertiary/aromatic N) is 2. The fourth-order valence-electron chi connectivity index (χ4n) is 2.99. The van der Waals surface area contributed by atoms with Crippen LogP contribution >= 0.6 is 0 Å². The molecule has 2 aromatic heterocycles. The van der Waals surface area contributed by atoms with Crippen molar-refractivity contribution in [2.24, 2.45) is 0 Å². The van der Waals surface area contributed by atoms with Gasteiger partial charge in [0.1, 0.15) is 22.8 Å². The Bertz CT molecular complexity index is 1240. The van der Waals surface area contributed by atoms with E-state index in [1.165, 1.54) is 31.4 Å². The van der Waals surface area contributed by atoms with Gasteiger partial charge in [-0.3, -0.25) is 0 Å². The van der Waals surface area contributed by atoms with Crippen molar-refractivity contribution in [1.29, 1.82) is 0 Å². The van der Waals surface area contributed by atoms with Crippen molar-refractivity contribution < 1.29 is 27.8 Å². The first kappa shape index (κ1) is 21.1. The number of aromatic amines is 1. The van der Waals surface area contributed by atoms with E-state index in [-0.39, 0.29) is 46.4 Å². The third-order valence-corrected chi connectivity index (χ3v) is 4.32. The summed E-state index contributed by atoms with van der Waals surface area (Å²) < 4.78 is 44.3. The molecule has 0 radical (unpaired) electrons. The van der Waals surface area contributed by atoms with Gasteiger partial charge < -0.3 is 14.8 Å². The van der Waals surface area contributed by atoms with Crippen molar-refractivity contribution in [3.63, 3.8) is 0 Å². The molecule has 0 saturated heterocycles.